The third-order valence-electron chi connectivity index (χ3n) is 3.01. The molecule has 1 aromatic carbocycles. The summed E-state index contributed by atoms with van der Waals surface area (Å²) in [4.78, 5) is 12.0. The van der Waals surface area contributed by atoms with Crippen molar-refractivity contribution in [3.05, 3.63) is 29.8 Å². The van der Waals surface area contributed by atoms with Crippen molar-refractivity contribution in [2.45, 2.75) is 45.8 Å². The first-order valence-corrected chi connectivity index (χ1v) is 6.37. The van der Waals surface area contributed by atoms with Gasteiger partial charge < -0.3 is 10.1 Å². The van der Waals surface area contributed by atoms with Gasteiger partial charge in [0.15, 0.2) is 6.10 Å². The number of benzene rings is 1. The Morgan fingerprint density at radius 1 is 1.42 bits per heavy atom. The van der Waals surface area contributed by atoms with E-state index < -0.39 is 6.10 Å². The molecule has 0 aliphatic heterocycles. The number of nitrogens with zero attached hydrogens (tertiary/aromatic N) is 1. The van der Waals surface area contributed by atoms with Crippen LogP contribution in [0.1, 0.15) is 39.7 Å². The average Bonchev–Trinajstić information content (AvgIpc) is 2.39. The van der Waals surface area contributed by atoms with Crippen LogP contribution in [-0.2, 0) is 4.79 Å². The lowest BCUT2D eigenvalue weighted by Crippen LogP contribution is -2.48. The van der Waals surface area contributed by atoms with Crippen LogP contribution in [0.3, 0.4) is 0 Å². The number of carbonyl (C=O) groups is 1. The highest BCUT2D eigenvalue weighted by Gasteiger charge is 2.22. The maximum absolute atomic E-state index is 12.0. The molecule has 102 valence electrons. The lowest BCUT2D eigenvalue weighted by Gasteiger charge is -2.26. The van der Waals surface area contributed by atoms with Gasteiger partial charge in [-0.25, -0.2) is 0 Å². The van der Waals surface area contributed by atoms with E-state index in [0.29, 0.717) is 11.3 Å². The molecule has 0 aliphatic carbocycles. The van der Waals surface area contributed by atoms with E-state index in [4.69, 9.17) is 10.00 Å². The van der Waals surface area contributed by atoms with Gasteiger partial charge in [0.05, 0.1) is 11.6 Å². The Bertz CT molecular complexity index is 472. The molecule has 0 heterocycles. The minimum Gasteiger partial charge on any atom is -0.481 e. The molecule has 1 amide bonds. The maximum atomic E-state index is 12.0. The number of ether oxygens (including phenoxy) is 1. The number of carbonyl (C=O) groups excluding carboxylic acids is 1. The van der Waals surface area contributed by atoms with Crippen molar-refractivity contribution in [2.75, 3.05) is 0 Å². The van der Waals surface area contributed by atoms with Gasteiger partial charge in [-0.3, -0.25) is 4.79 Å². The van der Waals surface area contributed by atoms with Gasteiger partial charge in [0, 0.05) is 5.54 Å². The molecule has 1 atom stereocenters. The van der Waals surface area contributed by atoms with Crippen LogP contribution in [0.5, 0.6) is 5.75 Å². The molecular formula is C15H20N2O2. The van der Waals surface area contributed by atoms with E-state index >= 15 is 0 Å². The topological polar surface area (TPSA) is 62.1 Å². The lowest BCUT2D eigenvalue weighted by atomic mass is 10.0. The van der Waals surface area contributed by atoms with Gasteiger partial charge in [0.2, 0.25) is 0 Å². The first-order chi connectivity index (χ1) is 8.88. The number of amides is 1. The number of rotatable bonds is 5. The molecule has 0 aromatic heterocycles. The molecule has 0 radical (unpaired) electrons. The van der Waals surface area contributed by atoms with E-state index in [-0.39, 0.29) is 11.4 Å². The fourth-order valence-corrected chi connectivity index (χ4v) is 1.39. The van der Waals surface area contributed by atoms with Crippen LogP contribution in [-0.4, -0.2) is 17.6 Å². The molecule has 19 heavy (non-hydrogen) atoms. The summed E-state index contributed by atoms with van der Waals surface area (Å²) in [6, 6.07) is 8.73. The van der Waals surface area contributed by atoms with Gasteiger partial charge in [-0.15, -0.1) is 0 Å². The SMILES string of the molecule is CCC(C)(C)NC(=O)C(C)Oc1ccc(C#N)cc1. The van der Waals surface area contributed by atoms with Crippen LogP contribution in [0.4, 0.5) is 0 Å². The predicted molar refractivity (Wildman–Crippen MR) is 73.8 cm³/mol. The molecule has 0 saturated heterocycles. The average molecular weight is 260 g/mol. The molecule has 1 rings (SSSR count). The monoisotopic (exact) mass is 260 g/mol. The fraction of sp³-hybridized carbons (Fsp3) is 0.467. The van der Waals surface area contributed by atoms with Crippen LogP contribution in [0.25, 0.3) is 0 Å². The van der Waals surface area contributed by atoms with Gasteiger partial charge in [-0.1, -0.05) is 6.92 Å². The Labute approximate surface area is 114 Å². The molecule has 0 saturated carbocycles. The van der Waals surface area contributed by atoms with Crippen molar-refractivity contribution in [3.8, 4) is 11.8 Å². The second-order valence-corrected chi connectivity index (χ2v) is 5.12. The zero-order valence-electron chi connectivity index (χ0n) is 11.9. The maximum Gasteiger partial charge on any atom is 0.261 e. The number of hydrogen-bond donors (Lipinski definition) is 1. The molecule has 4 nitrogen and oxygen atoms in total. The molecule has 1 unspecified atom stereocenters. The Morgan fingerprint density at radius 3 is 2.47 bits per heavy atom. The van der Waals surface area contributed by atoms with Gasteiger partial charge in [0.25, 0.3) is 5.91 Å². The molecule has 0 bridgehead atoms. The lowest BCUT2D eigenvalue weighted by molar-refractivity contribution is -0.128. The predicted octanol–water partition coefficient (Wildman–Crippen LogP) is 2.63. The van der Waals surface area contributed by atoms with Gasteiger partial charge in [-0.2, -0.15) is 5.26 Å². The molecule has 4 heteroatoms. The van der Waals surface area contributed by atoms with Crippen molar-refractivity contribution >= 4 is 5.91 Å². The summed E-state index contributed by atoms with van der Waals surface area (Å²) in [6.07, 6.45) is 0.279. The van der Waals surface area contributed by atoms with E-state index in [9.17, 15) is 4.79 Å². The van der Waals surface area contributed by atoms with Crippen LogP contribution < -0.4 is 10.1 Å². The van der Waals surface area contributed by atoms with Crippen LogP contribution in [0, 0.1) is 11.3 Å². The Hall–Kier alpha value is -2.02. The molecule has 0 fully saturated rings. The van der Waals surface area contributed by atoms with Crippen LogP contribution in [0.15, 0.2) is 24.3 Å². The summed E-state index contributed by atoms with van der Waals surface area (Å²) in [5.74, 6) is 0.437. The zero-order chi connectivity index (χ0) is 14.5. The van der Waals surface area contributed by atoms with Crippen molar-refractivity contribution < 1.29 is 9.53 Å². The Kier molecular flexibility index (Phi) is 4.94. The Balaban J connectivity index is 2.61. The van der Waals surface area contributed by atoms with E-state index in [2.05, 4.69) is 5.32 Å². The minimum atomic E-state index is -0.571. The van der Waals surface area contributed by atoms with Gasteiger partial charge >= 0.3 is 0 Å². The summed E-state index contributed by atoms with van der Waals surface area (Å²) in [6.45, 7) is 7.67. The number of nitriles is 1. The highest BCUT2D eigenvalue weighted by atomic mass is 16.5. The summed E-state index contributed by atoms with van der Waals surface area (Å²) in [5.41, 5.74) is 0.330. The molecular weight excluding hydrogens is 240 g/mol. The van der Waals surface area contributed by atoms with Crippen molar-refractivity contribution in [3.63, 3.8) is 0 Å². The van der Waals surface area contributed by atoms with E-state index in [0.717, 1.165) is 6.42 Å². The van der Waals surface area contributed by atoms with E-state index in [1.807, 2.05) is 26.8 Å². The van der Waals surface area contributed by atoms with Crippen molar-refractivity contribution in [1.29, 1.82) is 5.26 Å². The van der Waals surface area contributed by atoms with Gasteiger partial charge in [-0.05, 0) is 51.5 Å². The third kappa shape index (κ3) is 4.63. The van der Waals surface area contributed by atoms with Crippen LogP contribution >= 0.6 is 0 Å². The summed E-state index contributed by atoms with van der Waals surface area (Å²) in [7, 11) is 0. The normalized spacial score (nSPS) is 12.4. The number of nitrogens with one attached hydrogen (secondary N) is 1. The standard InChI is InChI=1S/C15H20N2O2/c1-5-15(3,4)17-14(18)11(2)19-13-8-6-12(10-16)7-9-13/h6-9,11H,5H2,1-4H3,(H,17,18). The molecule has 1 aromatic rings. The quantitative estimate of drug-likeness (QED) is 0.885. The molecule has 0 spiro atoms. The largest absolute Gasteiger partial charge is 0.481 e. The number of hydrogen-bond acceptors (Lipinski definition) is 3. The third-order valence-corrected chi connectivity index (χ3v) is 3.01. The Morgan fingerprint density at radius 2 is 2.00 bits per heavy atom. The van der Waals surface area contributed by atoms with Crippen molar-refractivity contribution in [2.24, 2.45) is 0 Å². The summed E-state index contributed by atoms with van der Waals surface area (Å²) in [5, 5.41) is 11.6. The van der Waals surface area contributed by atoms with E-state index in [1.54, 1.807) is 31.2 Å². The molecule has 0 aliphatic rings. The van der Waals surface area contributed by atoms with Crippen LogP contribution in [0.2, 0.25) is 0 Å². The highest BCUT2D eigenvalue weighted by molar-refractivity contribution is 5.81. The zero-order valence-corrected chi connectivity index (χ0v) is 11.9. The van der Waals surface area contributed by atoms with Crippen molar-refractivity contribution in [1.82, 2.24) is 5.32 Å². The molecule has 1 N–H and O–H groups in total. The summed E-state index contributed by atoms with van der Waals surface area (Å²) >= 11 is 0. The minimum absolute atomic E-state index is 0.142. The smallest absolute Gasteiger partial charge is 0.261 e. The second-order valence-electron chi connectivity index (χ2n) is 5.12. The highest BCUT2D eigenvalue weighted by Crippen LogP contribution is 2.14. The van der Waals surface area contributed by atoms with Gasteiger partial charge in [0.1, 0.15) is 5.75 Å². The summed E-state index contributed by atoms with van der Waals surface area (Å²) < 4.78 is 5.54. The second kappa shape index (κ2) is 6.24. The fourth-order valence-electron chi connectivity index (χ4n) is 1.39. The first-order valence-electron chi connectivity index (χ1n) is 6.37. The van der Waals surface area contributed by atoms with E-state index in [1.165, 1.54) is 0 Å². The first kappa shape index (κ1) is 15.0.